The first kappa shape index (κ1) is 27.7. The topological polar surface area (TPSA) is 102 Å². The normalized spacial score (nSPS) is 14.6. The van der Waals surface area contributed by atoms with Crippen LogP contribution in [0.25, 0.3) is 22.2 Å². The Morgan fingerprint density at radius 2 is 2.02 bits per heavy atom. The first-order chi connectivity index (χ1) is 18.9. The lowest BCUT2D eigenvalue weighted by Gasteiger charge is -2.24. The molecule has 2 aliphatic heterocycles. The zero-order valence-electron chi connectivity index (χ0n) is 22.0. The van der Waals surface area contributed by atoms with Gasteiger partial charge >= 0.3 is 0 Å². The Morgan fingerprint density at radius 3 is 2.80 bits per heavy atom. The van der Waals surface area contributed by atoms with Gasteiger partial charge in [-0.15, -0.1) is 0 Å². The number of likely N-dealkylation sites (tertiary alicyclic amines) is 1. The van der Waals surface area contributed by atoms with Crippen LogP contribution < -0.4 is 15.0 Å². The van der Waals surface area contributed by atoms with E-state index in [1.807, 2.05) is 49.3 Å². The third kappa shape index (κ3) is 5.16. The van der Waals surface area contributed by atoms with Crippen molar-refractivity contribution < 1.29 is 9.66 Å². The molecule has 11 heteroatoms. The summed E-state index contributed by atoms with van der Waals surface area (Å²) in [6.45, 7) is 7.06. The molecule has 0 spiro atoms. The van der Waals surface area contributed by atoms with Gasteiger partial charge in [0.2, 0.25) is 5.95 Å². The van der Waals surface area contributed by atoms with Crippen molar-refractivity contribution in [3.05, 3.63) is 63.4 Å². The molecule has 0 aliphatic carbocycles. The number of benzene rings is 2. The fourth-order valence-electron chi connectivity index (χ4n) is 5.48. The third-order valence-corrected chi connectivity index (χ3v) is 7.85. The second-order valence-corrected chi connectivity index (χ2v) is 10.5. The van der Waals surface area contributed by atoms with E-state index in [1.54, 1.807) is 12.3 Å². The Hall–Kier alpha value is -3.89. The molecule has 1 saturated heterocycles. The van der Waals surface area contributed by atoms with Crippen LogP contribution in [0.5, 0.6) is 5.75 Å². The average Bonchev–Trinajstić information content (AvgIpc) is 3.59. The van der Waals surface area contributed by atoms with E-state index in [9.17, 15) is 10.1 Å². The van der Waals surface area contributed by atoms with Crippen LogP contribution >= 0.6 is 11.6 Å². The van der Waals surface area contributed by atoms with E-state index < -0.39 is 0 Å². The van der Waals surface area contributed by atoms with Gasteiger partial charge in [-0.25, -0.2) is 9.97 Å². The molecular weight excluding hydrogens is 530 g/mol. The van der Waals surface area contributed by atoms with Gasteiger partial charge in [0, 0.05) is 43.4 Å². The van der Waals surface area contributed by atoms with Crippen LogP contribution in [0.3, 0.4) is 0 Å². The van der Waals surface area contributed by atoms with Crippen molar-refractivity contribution in [1.29, 1.82) is 0 Å². The number of hydrogen-bond acceptors (Lipinski definition) is 8. The molecule has 2 aliphatic rings. The Bertz CT molecular complexity index is 1570. The lowest BCUT2D eigenvalue weighted by molar-refractivity contribution is -0.384. The fraction of sp³-hybridized carbons (Fsp3) is 0.379. The Balaban J connectivity index is 0.00000323. The molecule has 4 heterocycles. The molecule has 6 rings (SSSR count). The highest BCUT2D eigenvalue weighted by Gasteiger charge is 2.23. The highest BCUT2D eigenvalue weighted by atomic mass is 35.5. The van der Waals surface area contributed by atoms with E-state index in [-0.39, 0.29) is 18.0 Å². The number of aryl methyl sites for hydroxylation is 1. The molecular formula is C29H34ClN7O3. The standard InChI is InChI=1S/C28H30ClN7O3.CH4/c1-18-14-23(33(2)10-11-34-8-3-4-9-34)24(36(37)38)15-22(18)31-28-30-16-21(29)26(32-28)20-17-35-12-13-39-25-7-5-6-19(20)27(25)35;/h5-7,14-17H,3-4,8-13H2,1-2H3,(H,30,31,32);1H4. The number of likely N-dealkylation sites (N-methyl/N-ethyl adjacent to an activating group) is 1. The summed E-state index contributed by atoms with van der Waals surface area (Å²) in [5.41, 5.74) is 4.54. The van der Waals surface area contributed by atoms with E-state index in [4.69, 9.17) is 21.3 Å². The van der Waals surface area contributed by atoms with Gasteiger partial charge in [0.15, 0.2) is 0 Å². The number of nitrogens with one attached hydrogen (secondary N) is 1. The van der Waals surface area contributed by atoms with Crippen LogP contribution in [0.4, 0.5) is 23.0 Å². The Kier molecular flexibility index (Phi) is 7.82. The Morgan fingerprint density at radius 1 is 1.23 bits per heavy atom. The summed E-state index contributed by atoms with van der Waals surface area (Å²) in [6, 6.07) is 9.35. The van der Waals surface area contributed by atoms with Crippen molar-refractivity contribution in [3.63, 3.8) is 0 Å². The molecule has 0 radical (unpaired) electrons. The van der Waals surface area contributed by atoms with Gasteiger partial charge in [0.1, 0.15) is 18.0 Å². The van der Waals surface area contributed by atoms with Crippen LogP contribution in [0.15, 0.2) is 42.7 Å². The van der Waals surface area contributed by atoms with Crippen molar-refractivity contribution in [1.82, 2.24) is 19.4 Å². The molecule has 10 nitrogen and oxygen atoms in total. The summed E-state index contributed by atoms with van der Waals surface area (Å²) in [6.07, 6.45) is 6.03. The molecule has 40 heavy (non-hydrogen) atoms. The lowest BCUT2D eigenvalue weighted by Crippen LogP contribution is -2.31. The van der Waals surface area contributed by atoms with Gasteiger partial charge in [-0.3, -0.25) is 10.1 Å². The second-order valence-electron chi connectivity index (χ2n) is 10.1. The molecule has 2 aromatic heterocycles. The lowest BCUT2D eigenvalue weighted by atomic mass is 10.1. The van der Waals surface area contributed by atoms with Crippen molar-refractivity contribution >= 4 is 45.5 Å². The monoisotopic (exact) mass is 563 g/mol. The quantitative estimate of drug-likeness (QED) is 0.198. The molecule has 210 valence electrons. The van der Waals surface area contributed by atoms with E-state index in [2.05, 4.69) is 19.8 Å². The number of rotatable bonds is 8. The first-order valence-corrected chi connectivity index (χ1v) is 13.5. The zero-order valence-corrected chi connectivity index (χ0v) is 22.7. The van der Waals surface area contributed by atoms with Crippen LogP contribution in [-0.4, -0.2) is 64.2 Å². The minimum absolute atomic E-state index is 0. The smallest absolute Gasteiger partial charge is 0.294 e. The van der Waals surface area contributed by atoms with Crippen LogP contribution in [0, 0.1) is 17.0 Å². The number of hydrogen-bond donors (Lipinski definition) is 1. The molecule has 1 N–H and O–H groups in total. The third-order valence-electron chi connectivity index (χ3n) is 7.58. The van der Waals surface area contributed by atoms with Gasteiger partial charge in [-0.2, -0.15) is 0 Å². The van der Waals surface area contributed by atoms with Gasteiger partial charge in [0.25, 0.3) is 5.69 Å². The number of ether oxygens (including phenoxy) is 1. The fourth-order valence-corrected chi connectivity index (χ4v) is 5.68. The van der Waals surface area contributed by atoms with Crippen molar-refractivity contribution in [2.24, 2.45) is 0 Å². The van der Waals surface area contributed by atoms with E-state index in [1.165, 1.54) is 12.8 Å². The maximum atomic E-state index is 12.1. The number of nitrogens with zero attached hydrogens (tertiary/aromatic N) is 6. The highest BCUT2D eigenvalue weighted by molar-refractivity contribution is 6.33. The van der Waals surface area contributed by atoms with E-state index >= 15 is 0 Å². The maximum Gasteiger partial charge on any atom is 0.294 e. The summed E-state index contributed by atoms with van der Waals surface area (Å²) in [7, 11) is 1.91. The summed E-state index contributed by atoms with van der Waals surface area (Å²) >= 11 is 6.58. The largest absolute Gasteiger partial charge is 0.490 e. The molecule has 0 amide bonds. The molecule has 1 fully saturated rings. The molecule has 0 unspecified atom stereocenters. The first-order valence-electron chi connectivity index (χ1n) is 13.2. The SMILES string of the molecule is C.Cc1cc(N(C)CCN2CCCC2)c([N+](=O)[O-])cc1Nc1ncc(Cl)c(-c2cn3c4c(cccc24)OCC3)n1. The molecule has 0 bridgehead atoms. The maximum absolute atomic E-state index is 12.1. The number of halogens is 1. The molecule has 2 aromatic carbocycles. The summed E-state index contributed by atoms with van der Waals surface area (Å²) in [5.74, 6) is 1.15. The number of anilines is 3. The molecule has 0 atom stereocenters. The van der Waals surface area contributed by atoms with Crippen LogP contribution in [0.2, 0.25) is 5.02 Å². The minimum Gasteiger partial charge on any atom is -0.490 e. The number of nitro benzene ring substituents is 1. The molecule has 4 aromatic rings. The zero-order chi connectivity index (χ0) is 27.1. The van der Waals surface area contributed by atoms with Gasteiger partial charge in [-0.05, 0) is 50.6 Å². The Labute approximate surface area is 238 Å². The van der Waals surface area contributed by atoms with Crippen molar-refractivity contribution in [3.8, 4) is 17.0 Å². The van der Waals surface area contributed by atoms with E-state index in [0.717, 1.165) is 60.5 Å². The summed E-state index contributed by atoms with van der Waals surface area (Å²) < 4.78 is 7.98. The number of para-hydroxylation sites is 1. The minimum atomic E-state index is -0.337. The number of nitro groups is 1. The summed E-state index contributed by atoms with van der Waals surface area (Å²) in [4.78, 5) is 25.2. The van der Waals surface area contributed by atoms with Crippen LogP contribution in [0.1, 0.15) is 25.8 Å². The average molecular weight is 564 g/mol. The number of aromatic nitrogens is 3. The molecule has 0 saturated carbocycles. The second kappa shape index (κ2) is 11.3. The predicted octanol–water partition coefficient (Wildman–Crippen LogP) is 6.27. The highest BCUT2D eigenvalue weighted by Crippen LogP contribution is 2.40. The summed E-state index contributed by atoms with van der Waals surface area (Å²) in [5, 5.41) is 16.7. The van der Waals surface area contributed by atoms with Gasteiger partial charge in [-0.1, -0.05) is 31.2 Å². The van der Waals surface area contributed by atoms with Crippen molar-refractivity contribution in [2.45, 2.75) is 33.7 Å². The van der Waals surface area contributed by atoms with E-state index in [0.29, 0.717) is 34.6 Å². The van der Waals surface area contributed by atoms with Crippen molar-refractivity contribution in [2.75, 3.05) is 50.1 Å². The van der Waals surface area contributed by atoms with Gasteiger partial charge in [0.05, 0.1) is 39.6 Å². The van der Waals surface area contributed by atoms with Crippen LogP contribution in [-0.2, 0) is 6.54 Å². The predicted molar refractivity (Wildman–Crippen MR) is 160 cm³/mol. The van der Waals surface area contributed by atoms with Gasteiger partial charge < -0.3 is 24.4 Å².